The molecule has 0 atom stereocenters. The summed E-state index contributed by atoms with van der Waals surface area (Å²) in [5, 5.41) is 12.1. The molecule has 1 aromatic heterocycles. The van der Waals surface area contributed by atoms with E-state index in [0.717, 1.165) is 66.4 Å². The van der Waals surface area contributed by atoms with Crippen LogP contribution in [0.3, 0.4) is 0 Å². The summed E-state index contributed by atoms with van der Waals surface area (Å²) in [6.07, 6.45) is 0. The van der Waals surface area contributed by atoms with Gasteiger partial charge in [-0.3, -0.25) is 4.90 Å². The van der Waals surface area contributed by atoms with Gasteiger partial charge in [-0.25, -0.2) is 4.98 Å². The third kappa shape index (κ3) is 5.42. The molecular formula is C28H31N5O2. The molecule has 7 nitrogen and oxygen atoms in total. The van der Waals surface area contributed by atoms with Crippen molar-refractivity contribution in [1.82, 2.24) is 20.1 Å². The van der Waals surface area contributed by atoms with E-state index in [1.165, 1.54) is 16.7 Å². The van der Waals surface area contributed by atoms with Crippen LogP contribution in [0.25, 0.3) is 22.2 Å². The van der Waals surface area contributed by atoms with Gasteiger partial charge in [0.05, 0.1) is 18.7 Å². The molecule has 7 heteroatoms. The average molecular weight is 470 g/mol. The Labute approximate surface area is 206 Å². The predicted octanol–water partition coefficient (Wildman–Crippen LogP) is 5.07. The minimum atomic E-state index is 0.464. The van der Waals surface area contributed by atoms with Crippen LogP contribution in [0.2, 0.25) is 0 Å². The number of aryl methyl sites for hydroxylation is 3. The number of hydrogen-bond donors (Lipinski definition) is 1. The third-order valence-corrected chi connectivity index (χ3v) is 6.39. The van der Waals surface area contributed by atoms with Gasteiger partial charge in [0, 0.05) is 31.4 Å². The van der Waals surface area contributed by atoms with Crippen molar-refractivity contribution in [1.29, 1.82) is 0 Å². The van der Waals surface area contributed by atoms with Crippen LogP contribution in [-0.2, 0) is 4.74 Å². The summed E-state index contributed by atoms with van der Waals surface area (Å²) in [6.45, 7) is 11.4. The topological polar surface area (TPSA) is 72.4 Å². The molecule has 3 aromatic carbocycles. The molecule has 35 heavy (non-hydrogen) atoms. The molecule has 0 radical (unpaired) electrons. The van der Waals surface area contributed by atoms with Crippen molar-refractivity contribution in [2.75, 3.05) is 44.8 Å². The maximum Gasteiger partial charge on any atom is 0.247 e. The van der Waals surface area contributed by atoms with Gasteiger partial charge in [0.2, 0.25) is 5.95 Å². The van der Waals surface area contributed by atoms with Gasteiger partial charge in [0.15, 0.2) is 0 Å². The highest BCUT2D eigenvalue weighted by molar-refractivity contribution is 5.86. The molecule has 1 N–H and O–H groups in total. The number of fused-ring (bicyclic) bond motifs is 1. The highest BCUT2D eigenvalue weighted by Crippen LogP contribution is 2.31. The SMILES string of the molecule is Cc1cccc(C)c1-c1cc(C)c2nc(Nc3cccc(OCCN4CCOCC4)c3)nnc2c1. The van der Waals surface area contributed by atoms with Gasteiger partial charge in [0.1, 0.15) is 17.9 Å². The zero-order chi connectivity index (χ0) is 24.2. The first-order chi connectivity index (χ1) is 17.1. The number of nitrogens with one attached hydrogen (secondary N) is 1. The quantitative estimate of drug-likeness (QED) is 0.405. The summed E-state index contributed by atoms with van der Waals surface area (Å²) in [5.74, 6) is 1.28. The van der Waals surface area contributed by atoms with Gasteiger partial charge >= 0.3 is 0 Å². The van der Waals surface area contributed by atoms with Crippen LogP contribution >= 0.6 is 0 Å². The van der Waals surface area contributed by atoms with E-state index < -0.39 is 0 Å². The fourth-order valence-electron chi connectivity index (χ4n) is 4.59. The van der Waals surface area contributed by atoms with Crippen LogP contribution < -0.4 is 10.1 Å². The molecule has 1 aliphatic heterocycles. The van der Waals surface area contributed by atoms with Crippen molar-refractivity contribution >= 4 is 22.7 Å². The van der Waals surface area contributed by atoms with E-state index in [0.29, 0.717) is 12.6 Å². The summed E-state index contributed by atoms with van der Waals surface area (Å²) < 4.78 is 11.4. The number of ether oxygens (including phenoxy) is 2. The van der Waals surface area contributed by atoms with E-state index in [9.17, 15) is 0 Å². The fraction of sp³-hybridized carbons (Fsp3) is 0.321. The molecule has 0 bridgehead atoms. The maximum atomic E-state index is 5.97. The lowest BCUT2D eigenvalue weighted by atomic mass is 9.94. The van der Waals surface area contributed by atoms with Crippen LogP contribution in [0, 0.1) is 20.8 Å². The lowest BCUT2D eigenvalue weighted by Gasteiger charge is -2.26. The molecule has 180 valence electrons. The maximum absolute atomic E-state index is 5.97. The molecule has 0 unspecified atom stereocenters. The second-order valence-corrected chi connectivity index (χ2v) is 9.02. The monoisotopic (exact) mass is 469 g/mol. The first-order valence-corrected chi connectivity index (χ1v) is 12.1. The highest BCUT2D eigenvalue weighted by atomic mass is 16.5. The molecule has 4 aromatic rings. The Morgan fingerprint density at radius 2 is 1.69 bits per heavy atom. The Morgan fingerprint density at radius 3 is 2.49 bits per heavy atom. The first kappa shape index (κ1) is 23.2. The van der Waals surface area contributed by atoms with Crippen molar-refractivity contribution in [2.45, 2.75) is 20.8 Å². The van der Waals surface area contributed by atoms with E-state index in [4.69, 9.17) is 14.5 Å². The number of hydrogen-bond acceptors (Lipinski definition) is 7. The smallest absolute Gasteiger partial charge is 0.247 e. The minimum Gasteiger partial charge on any atom is -0.492 e. The summed E-state index contributed by atoms with van der Waals surface area (Å²) in [4.78, 5) is 7.11. The van der Waals surface area contributed by atoms with Crippen LogP contribution in [0.4, 0.5) is 11.6 Å². The van der Waals surface area contributed by atoms with Crippen molar-refractivity contribution in [3.63, 3.8) is 0 Å². The largest absolute Gasteiger partial charge is 0.492 e. The van der Waals surface area contributed by atoms with Crippen LogP contribution in [0.5, 0.6) is 5.75 Å². The van der Waals surface area contributed by atoms with Crippen molar-refractivity contribution in [2.24, 2.45) is 0 Å². The highest BCUT2D eigenvalue weighted by Gasteiger charge is 2.12. The van der Waals surface area contributed by atoms with E-state index in [-0.39, 0.29) is 0 Å². The second-order valence-electron chi connectivity index (χ2n) is 9.02. The molecule has 1 aliphatic rings. The van der Waals surface area contributed by atoms with Gasteiger partial charge in [-0.2, -0.15) is 0 Å². The number of rotatable bonds is 7. The van der Waals surface area contributed by atoms with Crippen LogP contribution in [0.1, 0.15) is 16.7 Å². The summed E-state index contributed by atoms with van der Waals surface area (Å²) >= 11 is 0. The fourth-order valence-corrected chi connectivity index (χ4v) is 4.59. The molecule has 0 amide bonds. The minimum absolute atomic E-state index is 0.464. The Bertz CT molecular complexity index is 1310. The summed E-state index contributed by atoms with van der Waals surface area (Å²) in [7, 11) is 0. The first-order valence-electron chi connectivity index (χ1n) is 12.1. The molecule has 0 aliphatic carbocycles. The lowest BCUT2D eigenvalue weighted by Crippen LogP contribution is -2.38. The number of aromatic nitrogens is 3. The van der Waals surface area contributed by atoms with E-state index in [1.807, 2.05) is 24.3 Å². The molecule has 0 saturated carbocycles. The van der Waals surface area contributed by atoms with Crippen LogP contribution in [-0.4, -0.2) is 59.5 Å². The Kier molecular flexibility index (Phi) is 6.88. The average Bonchev–Trinajstić information content (AvgIpc) is 2.85. The Hall–Kier alpha value is -3.55. The van der Waals surface area contributed by atoms with Gasteiger partial charge < -0.3 is 14.8 Å². The number of morpholine rings is 1. The van der Waals surface area contributed by atoms with E-state index >= 15 is 0 Å². The number of nitrogens with zero attached hydrogens (tertiary/aromatic N) is 4. The van der Waals surface area contributed by atoms with Gasteiger partial charge in [-0.1, -0.05) is 24.3 Å². The van der Waals surface area contributed by atoms with Crippen molar-refractivity contribution < 1.29 is 9.47 Å². The van der Waals surface area contributed by atoms with Gasteiger partial charge in [-0.05, 0) is 72.9 Å². The van der Waals surface area contributed by atoms with Gasteiger partial charge in [0.25, 0.3) is 0 Å². The Balaban J connectivity index is 1.31. The predicted molar refractivity (Wildman–Crippen MR) is 139 cm³/mol. The standard InChI is InChI=1S/C28H31N5O2/c1-19-6-4-7-20(2)26(19)22-16-21(3)27-25(17-22)31-32-28(30-27)29-23-8-5-9-24(18-23)35-15-12-33-10-13-34-14-11-33/h4-9,16-18H,10-15H2,1-3H3,(H,29,30,32). The molecule has 1 fully saturated rings. The van der Waals surface area contributed by atoms with Crippen molar-refractivity contribution in [3.8, 4) is 16.9 Å². The van der Waals surface area contributed by atoms with Crippen molar-refractivity contribution in [3.05, 3.63) is 71.3 Å². The zero-order valence-electron chi connectivity index (χ0n) is 20.5. The van der Waals surface area contributed by atoms with Crippen LogP contribution in [0.15, 0.2) is 54.6 Å². The van der Waals surface area contributed by atoms with E-state index in [2.05, 4.69) is 71.5 Å². The molecular weight excluding hydrogens is 438 g/mol. The number of anilines is 2. The zero-order valence-corrected chi connectivity index (χ0v) is 20.5. The lowest BCUT2D eigenvalue weighted by molar-refractivity contribution is 0.0322. The van der Waals surface area contributed by atoms with E-state index in [1.54, 1.807) is 0 Å². The second kappa shape index (κ2) is 10.4. The molecule has 0 spiro atoms. The Morgan fingerprint density at radius 1 is 0.914 bits per heavy atom. The van der Waals surface area contributed by atoms with Gasteiger partial charge in [-0.15, -0.1) is 10.2 Å². The summed E-state index contributed by atoms with van der Waals surface area (Å²) in [6, 6.07) is 18.5. The molecule has 1 saturated heterocycles. The molecule has 2 heterocycles. The normalized spacial score (nSPS) is 14.3. The molecule has 5 rings (SSSR count). The summed E-state index contributed by atoms with van der Waals surface area (Å²) in [5.41, 5.74) is 8.43. The number of benzene rings is 3. The third-order valence-electron chi connectivity index (χ3n) is 6.39.